The van der Waals surface area contributed by atoms with Gasteiger partial charge in [-0.25, -0.2) is 9.07 Å². The Morgan fingerprint density at radius 1 is 1.16 bits per heavy atom. The van der Waals surface area contributed by atoms with E-state index in [2.05, 4.69) is 32.0 Å². The van der Waals surface area contributed by atoms with Gasteiger partial charge < -0.3 is 10.2 Å². The van der Waals surface area contributed by atoms with Crippen LogP contribution in [0.5, 0.6) is 0 Å². The molecule has 4 aromatic rings. The van der Waals surface area contributed by atoms with Crippen molar-refractivity contribution in [3.63, 3.8) is 0 Å². The van der Waals surface area contributed by atoms with Gasteiger partial charge in [-0.2, -0.15) is 0 Å². The van der Waals surface area contributed by atoms with Gasteiger partial charge in [-0.3, -0.25) is 4.79 Å². The predicted octanol–water partition coefficient (Wildman–Crippen LogP) is 5.24. The fraction of sp³-hybridized carbons (Fsp3) is 0.174. The fourth-order valence-electron chi connectivity index (χ4n) is 3.82. The molecule has 0 fully saturated rings. The van der Waals surface area contributed by atoms with E-state index in [1.165, 1.54) is 33.3 Å². The van der Waals surface area contributed by atoms with E-state index in [0.29, 0.717) is 17.1 Å². The van der Waals surface area contributed by atoms with Crippen LogP contribution in [-0.4, -0.2) is 27.4 Å². The van der Waals surface area contributed by atoms with Gasteiger partial charge in [-0.05, 0) is 72.8 Å². The highest BCUT2D eigenvalue weighted by Crippen LogP contribution is 2.28. The third kappa shape index (κ3) is 3.87. The standard InChI is InChI=1S/C23H19ClFN5OS/c1-14-22(27-28-30(14)18-6-7-20(25)19(24)12-18)23(31)26-16-2-4-17(5-3-16)29-10-8-21-15(13-29)9-11-32-21/h2-7,9,11-12H,8,10,13H2,1H3,(H,26,31). The number of hydrogen-bond donors (Lipinski definition) is 1. The summed E-state index contributed by atoms with van der Waals surface area (Å²) in [6.45, 7) is 3.61. The highest BCUT2D eigenvalue weighted by atomic mass is 35.5. The summed E-state index contributed by atoms with van der Waals surface area (Å²) in [7, 11) is 0. The van der Waals surface area contributed by atoms with Crippen LogP contribution >= 0.6 is 22.9 Å². The third-order valence-electron chi connectivity index (χ3n) is 5.56. The van der Waals surface area contributed by atoms with Crippen molar-refractivity contribution in [1.29, 1.82) is 0 Å². The topological polar surface area (TPSA) is 63.1 Å². The lowest BCUT2D eigenvalue weighted by atomic mass is 10.1. The summed E-state index contributed by atoms with van der Waals surface area (Å²) in [6, 6.07) is 14.2. The first kappa shape index (κ1) is 20.7. The number of carbonyl (C=O) groups is 1. The van der Waals surface area contributed by atoms with Crippen LogP contribution in [0.4, 0.5) is 15.8 Å². The molecule has 3 heterocycles. The van der Waals surface area contributed by atoms with Crippen molar-refractivity contribution in [2.45, 2.75) is 19.9 Å². The molecule has 5 rings (SSSR count). The molecule has 9 heteroatoms. The highest BCUT2D eigenvalue weighted by molar-refractivity contribution is 7.10. The number of amides is 1. The number of benzene rings is 2. The van der Waals surface area contributed by atoms with Crippen LogP contribution in [0.25, 0.3) is 5.69 Å². The van der Waals surface area contributed by atoms with Crippen molar-refractivity contribution < 1.29 is 9.18 Å². The Balaban J connectivity index is 1.29. The lowest BCUT2D eigenvalue weighted by Crippen LogP contribution is -2.29. The average Bonchev–Trinajstić information content (AvgIpc) is 3.42. The second-order valence-electron chi connectivity index (χ2n) is 7.58. The predicted molar refractivity (Wildman–Crippen MR) is 125 cm³/mol. The lowest BCUT2D eigenvalue weighted by Gasteiger charge is -2.29. The maximum absolute atomic E-state index is 13.4. The molecule has 0 unspecified atom stereocenters. The van der Waals surface area contributed by atoms with Crippen molar-refractivity contribution in [2.75, 3.05) is 16.8 Å². The first-order valence-electron chi connectivity index (χ1n) is 10.1. The largest absolute Gasteiger partial charge is 0.367 e. The summed E-state index contributed by atoms with van der Waals surface area (Å²) in [6.07, 6.45) is 1.06. The number of anilines is 2. The van der Waals surface area contributed by atoms with Gasteiger partial charge in [0, 0.05) is 29.3 Å². The highest BCUT2D eigenvalue weighted by Gasteiger charge is 2.20. The number of aromatic nitrogens is 3. The molecular formula is C23H19ClFN5OS. The van der Waals surface area contributed by atoms with Gasteiger partial charge in [-0.15, -0.1) is 16.4 Å². The van der Waals surface area contributed by atoms with Gasteiger partial charge in [0.15, 0.2) is 5.69 Å². The number of nitrogens with one attached hydrogen (secondary N) is 1. The molecule has 0 radical (unpaired) electrons. The summed E-state index contributed by atoms with van der Waals surface area (Å²) in [4.78, 5) is 16.6. The van der Waals surface area contributed by atoms with Crippen molar-refractivity contribution in [1.82, 2.24) is 15.0 Å². The molecule has 2 aromatic carbocycles. The minimum absolute atomic E-state index is 0.0209. The maximum atomic E-state index is 13.4. The van der Waals surface area contributed by atoms with Crippen LogP contribution in [0, 0.1) is 12.7 Å². The summed E-state index contributed by atoms with van der Waals surface area (Å²) in [5.74, 6) is -0.884. The lowest BCUT2D eigenvalue weighted by molar-refractivity contribution is 0.102. The van der Waals surface area contributed by atoms with Crippen LogP contribution in [0.15, 0.2) is 53.9 Å². The molecule has 0 bridgehead atoms. The molecule has 6 nitrogen and oxygen atoms in total. The van der Waals surface area contributed by atoms with Crippen molar-refractivity contribution in [3.8, 4) is 5.69 Å². The quantitative estimate of drug-likeness (QED) is 0.445. The maximum Gasteiger partial charge on any atom is 0.278 e. The second kappa shape index (κ2) is 8.37. The number of hydrogen-bond acceptors (Lipinski definition) is 5. The molecule has 0 atom stereocenters. The zero-order chi connectivity index (χ0) is 22.2. The molecule has 2 aromatic heterocycles. The van der Waals surface area contributed by atoms with Gasteiger partial charge >= 0.3 is 0 Å². The summed E-state index contributed by atoms with van der Waals surface area (Å²) in [5, 5.41) is 13.0. The zero-order valence-electron chi connectivity index (χ0n) is 17.2. The number of halogens is 2. The van der Waals surface area contributed by atoms with Crippen molar-refractivity contribution >= 4 is 40.2 Å². The molecule has 1 aliphatic heterocycles. The number of carbonyl (C=O) groups excluding carboxylic acids is 1. The van der Waals surface area contributed by atoms with E-state index < -0.39 is 5.82 Å². The molecule has 1 amide bonds. The molecule has 1 aliphatic rings. The molecule has 0 aliphatic carbocycles. The third-order valence-corrected chi connectivity index (χ3v) is 6.87. The summed E-state index contributed by atoms with van der Waals surface area (Å²) < 4.78 is 14.9. The Morgan fingerprint density at radius 3 is 2.72 bits per heavy atom. The van der Waals surface area contributed by atoms with Crippen LogP contribution in [0.3, 0.4) is 0 Å². The van der Waals surface area contributed by atoms with Crippen LogP contribution < -0.4 is 10.2 Å². The van der Waals surface area contributed by atoms with Gasteiger partial charge in [0.05, 0.1) is 16.4 Å². The van der Waals surface area contributed by atoms with E-state index in [4.69, 9.17) is 11.6 Å². The average molecular weight is 468 g/mol. The van der Waals surface area contributed by atoms with E-state index in [9.17, 15) is 9.18 Å². The Morgan fingerprint density at radius 2 is 1.94 bits per heavy atom. The molecule has 0 spiro atoms. The first-order chi connectivity index (χ1) is 15.5. The minimum atomic E-state index is -0.519. The molecule has 1 N–H and O–H groups in total. The van der Waals surface area contributed by atoms with E-state index in [1.54, 1.807) is 6.92 Å². The minimum Gasteiger partial charge on any atom is -0.367 e. The van der Waals surface area contributed by atoms with Gasteiger partial charge in [0.25, 0.3) is 5.91 Å². The SMILES string of the molecule is Cc1c(C(=O)Nc2ccc(N3CCc4sccc4C3)cc2)nnn1-c1ccc(F)c(Cl)c1. The monoisotopic (exact) mass is 467 g/mol. The van der Waals surface area contributed by atoms with E-state index >= 15 is 0 Å². The number of thiophene rings is 1. The molecular weight excluding hydrogens is 449 g/mol. The number of rotatable bonds is 4. The fourth-order valence-corrected chi connectivity index (χ4v) is 4.88. The smallest absolute Gasteiger partial charge is 0.278 e. The van der Waals surface area contributed by atoms with E-state index in [1.807, 2.05) is 35.6 Å². The van der Waals surface area contributed by atoms with Gasteiger partial charge in [-0.1, -0.05) is 16.8 Å². The number of nitrogens with zero attached hydrogens (tertiary/aromatic N) is 4. The Bertz CT molecular complexity index is 1300. The molecule has 0 saturated heterocycles. The van der Waals surface area contributed by atoms with Crippen LogP contribution in [0.2, 0.25) is 5.02 Å². The normalized spacial score (nSPS) is 13.2. The molecule has 32 heavy (non-hydrogen) atoms. The van der Waals surface area contributed by atoms with Crippen molar-refractivity contribution in [3.05, 3.63) is 86.6 Å². The molecule has 162 valence electrons. The number of fused-ring (bicyclic) bond motifs is 1. The molecule has 0 saturated carbocycles. The Hall–Kier alpha value is -3.23. The van der Waals surface area contributed by atoms with E-state index in [-0.39, 0.29) is 16.6 Å². The van der Waals surface area contributed by atoms with Gasteiger partial charge in [0.1, 0.15) is 5.82 Å². The second-order valence-corrected chi connectivity index (χ2v) is 8.98. The zero-order valence-corrected chi connectivity index (χ0v) is 18.8. The summed E-state index contributed by atoms with van der Waals surface area (Å²) in [5.41, 5.74) is 4.43. The van der Waals surface area contributed by atoms with Crippen molar-refractivity contribution in [2.24, 2.45) is 0 Å². The van der Waals surface area contributed by atoms with Gasteiger partial charge in [0.2, 0.25) is 0 Å². The van der Waals surface area contributed by atoms with Crippen LogP contribution in [0.1, 0.15) is 26.6 Å². The summed E-state index contributed by atoms with van der Waals surface area (Å²) >= 11 is 7.68. The van der Waals surface area contributed by atoms with E-state index in [0.717, 1.165) is 25.2 Å². The Kier molecular flexibility index (Phi) is 5.40. The first-order valence-corrected chi connectivity index (χ1v) is 11.3. The Labute approximate surface area is 193 Å². The van der Waals surface area contributed by atoms with Crippen LogP contribution in [-0.2, 0) is 13.0 Å².